The fourth-order valence-corrected chi connectivity index (χ4v) is 1.97. The van der Waals surface area contributed by atoms with Crippen molar-refractivity contribution in [3.05, 3.63) is 89.2 Å². The van der Waals surface area contributed by atoms with E-state index in [0.717, 1.165) is 11.1 Å². The number of carbonyl (C=O) groups excluding carboxylic acids is 1. The predicted octanol–water partition coefficient (Wildman–Crippen LogP) is 3.10. The van der Waals surface area contributed by atoms with Gasteiger partial charge in [0, 0.05) is 16.9 Å². The molecular formula is C19H16NO4. The Hall–Kier alpha value is -3.30. The van der Waals surface area contributed by atoms with E-state index in [0.29, 0.717) is 5.71 Å². The van der Waals surface area contributed by atoms with Crippen molar-refractivity contribution >= 4 is 11.7 Å². The van der Waals surface area contributed by atoms with Gasteiger partial charge in [-0.2, -0.15) is 0 Å². The Morgan fingerprint density at radius 1 is 0.875 bits per heavy atom. The van der Waals surface area contributed by atoms with Crippen LogP contribution in [0.4, 0.5) is 0 Å². The number of hydrogen-bond acceptors (Lipinski definition) is 4. The van der Waals surface area contributed by atoms with Crippen LogP contribution in [-0.2, 0) is 19.4 Å². The highest BCUT2D eigenvalue weighted by atomic mass is 16.6. The van der Waals surface area contributed by atoms with E-state index < -0.39 is 11.9 Å². The lowest BCUT2D eigenvalue weighted by atomic mass is 10.0. The standard InChI is InChI=1S/C19H16NO4/c1-23-17(21)13-16(19(22)24-2)20-18(14-9-5-3-6-10-14)15-11-7-4-8-12-15/h3-12H,1-2H3. The SMILES string of the molecule is COC(=O)C(=C=C([O])OC)N=C(c1ccccc1)c1ccccc1. The molecule has 0 atom stereocenters. The number of ether oxygens (including phenoxy) is 2. The van der Waals surface area contributed by atoms with Crippen molar-refractivity contribution in [1.82, 2.24) is 0 Å². The molecule has 0 unspecified atom stereocenters. The number of methoxy groups -OCH3 is 2. The van der Waals surface area contributed by atoms with Crippen LogP contribution in [0.5, 0.6) is 0 Å². The van der Waals surface area contributed by atoms with Gasteiger partial charge in [-0.15, -0.1) is 0 Å². The first kappa shape index (κ1) is 17.1. The summed E-state index contributed by atoms with van der Waals surface area (Å²) in [7, 11) is 2.41. The predicted molar refractivity (Wildman–Crippen MR) is 88.8 cm³/mol. The molecule has 1 radical (unpaired) electrons. The van der Waals surface area contributed by atoms with E-state index in [1.807, 2.05) is 60.7 Å². The number of benzene rings is 2. The topological polar surface area (TPSA) is 67.8 Å². The Morgan fingerprint density at radius 2 is 1.38 bits per heavy atom. The van der Waals surface area contributed by atoms with Gasteiger partial charge in [-0.05, 0) is 0 Å². The van der Waals surface area contributed by atoms with Crippen molar-refractivity contribution in [2.75, 3.05) is 14.2 Å². The summed E-state index contributed by atoms with van der Waals surface area (Å²) in [5.74, 6) is -1.58. The Labute approximate surface area is 140 Å². The summed E-state index contributed by atoms with van der Waals surface area (Å²) < 4.78 is 9.20. The third-order valence-electron chi connectivity index (χ3n) is 3.10. The lowest BCUT2D eigenvalue weighted by molar-refractivity contribution is -0.136. The minimum Gasteiger partial charge on any atom is -0.464 e. The largest absolute Gasteiger partial charge is 0.464 e. The number of nitrogens with zero attached hydrogens (tertiary/aromatic N) is 1. The first-order valence-corrected chi connectivity index (χ1v) is 7.15. The monoisotopic (exact) mass is 322 g/mol. The van der Waals surface area contributed by atoms with Crippen LogP contribution in [0.25, 0.3) is 0 Å². The van der Waals surface area contributed by atoms with Crippen molar-refractivity contribution < 1.29 is 19.4 Å². The zero-order valence-electron chi connectivity index (χ0n) is 13.4. The van der Waals surface area contributed by atoms with E-state index in [1.54, 1.807) is 0 Å². The van der Waals surface area contributed by atoms with Gasteiger partial charge >= 0.3 is 11.9 Å². The molecule has 0 heterocycles. The summed E-state index contributed by atoms with van der Waals surface area (Å²) in [5.41, 5.74) is 4.12. The van der Waals surface area contributed by atoms with Crippen LogP contribution in [0.15, 0.2) is 83.0 Å². The molecule has 5 nitrogen and oxygen atoms in total. The molecule has 5 heteroatoms. The Morgan fingerprint density at radius 3 is 1.79 bits per heavy atom. The summed E-state index contributed by atoms with van der Waals surface area (Å²) in [4.78, 5) is 16.2. The molecule has 0 aliphatic carbocycles. The van der Waals surface area contributed by atoms with Crippen LogP contribution in [0.2, 0.25) is 0 Å². The molecule has 0 aromatic heterocycles. The molecule has 0 amide bonds. The zero-order valence-corrected chi connectivity index (χ0v) is 13.4. The van der Waals surface area contributed by atoms with E-state index in [-0.39, 0.29) is 5.70 Å². The second-order valence-corrected chi connectivity index (χ2v) is 4.65. The van der Waals surface area contributed by atoms with Crippen molar-refractivity contribution in [1.29, 1.82) is 0 Å². The molecule has 2 aromatic rings. The number of aliphatic imine (C=N–C) groups is 1. The van der Waals surface area contributed by atoms with Crippen molar-refractivity contribution in [3.8, 4) is 0 Å². The van der Waals surface area contributed by atoms with Crippen molar-refractivity contribution in [2.45, 2.75) is 0 Å². The van der Waals surface area contributed by atoms with Gasteiger partial charge < -0.3 is 9.47 Å². The second kappa shape index (κ2) is 8.36. The minimum atomic E-state index is -0.806. The van der Waals surface area contributed by atoms with E-state index >= 15 is 0 Å². The van der Waals surface area contributed by atoms with Gasteiger partial charge in [0.05, 0.1) is 19.9 Å². The van der Waals surface area contributed by atoms with Crippen LogP contribution in [0, 0.1) is 0 Å². The van der Waals surface area contributed by atoms with Gasteiger partial charge in [0.1, 0.15) is 0 Å². The molecule has 0 aliphatic heterocycles. The molecule has 2 rings (SSSR count). The molecule has 0 aliphatic rings. The van der Waals surface area contributed by atoms with Gasteiger partial charge in [-0.1, -0.05) is 60.7 Å². The Kier molecular flexibility index (Phi) is 5.95. The average Bonchev–Trinajstić information content (AvgIpc) is 2.65. The average molecular weight is 322 g/mol. The quantitative estimate of drug-likeness (QED) is 0.279. The van der Waals surface area contributed by atoms with E-state index in [9.17, 15) is 9.90 Å². The molecule has 24 heavy (non-hydrogen) atoms. The molecule has 0 saturated heterocycles. The molecule has 0 saturated carbocycles. The fraction of sp³-hybridized carbons (Fsp3) is 0.105. The lowest BCUT2D eigenvalue weighted by Gasteiger charge is -2.07. The Balaban J connectivity index is 2.67. The molecular weight excluding hydrogens is 306 g/mol. The van der Waals surface area contributed by atoms with Crippen LogP contribution < -0.4 is 0 Å². The molecule has 2 aromatic carbocycles. The molecule has 121 valence electrons. The van der Waals surface area contributed by atoms with Gasteiger partial charge in [-0.25, -0.2) is 14.9 Å². The fourth-order valence-electron chi connectivity index (χ4n) is 1.97. The normalized spacial score (nSPS) is 9.42. The highest BCUT2D eigenvalue weighted by Gasteiger charge is 2.14. The van der Waals surface area contributed by atoms with Crippen LogP contribution >= 0.6 is 0 Å². The summed E-state index contributed by atoms with van der Waals surface area (Å²) in [6.07, 6.45) is 0. The van der Waals surface area contributed by atoms with Crippen molar-refractivity contribution in [3.63, 3.8) is 0 Å². The molecule has 0 spiro atoms. The van der Waals surface area contributed by atoms with Crippen LogP contribution in [-0.4, -0.2) is 25.9 Å². The zero-order chi connectivity index (χ0) is 17.4. The summed E-state index contributed by atoms with van der Waals surface area (Å²) in [6.45, 7) is 0. The minimum absolute atomic E-state index is 0.257. The van der Waals surface area contributed by atoms with Gasteiger partial charge in [0.25, 0.3) is 0 Å². The Bertz CT molecular complexity index is 747. The third kappa shape index (κ3) is 4.35. The summed E-state index contributed by atoms with van der Waals surface area (Å²) in [5, 5.41) is 11.5. The van der Waals surface area contributed by atoms with Crippen molar-refractivity contribution in [2.24, 2.45) is 4.99 Å². The summed E-state index contributed by atoms with van der Waals surface area (Å²) in [6, 6.07) is 18.6. The lowest BCUT2D eigenvalue weighted by Crippen LogP contribution is -2.09. The number of rotatable bonds is 5. The third-order valence-corrected chi connectivity index (χ3v) is 3.10. The van der Waals surface area contributed by atoms with Gasteiger partial charge in [-0.3, -0.25) is 0 Å². The highest BCUT2D eigenvalue weighted by molar-refractivity contribution is 6.14. The first-order chi connectivity index (χ1) is 11.7. The molecule has 0 fully saturated rings. The second-order valence-electron chi connectivity index (χ2n) is 4.65. The number of hydrogen-bond donors (Lipinski definition) is 0. The number of esters is 1. The van der Waals surface area contributed by atoms with Gasteiger partial charge in [0.2, 0.25) is 0 Å². The maximum Gasteiger partial charge on any atom is 0.378 e. The smallest absolute Gasteiger partial charge is 0.378 e. The maximum absolute atomic E-state index is 11.9. The van der Waals surface area contributed by atoms with E-state index in [2.05, 4.69) is 20.2 Å². The summed E-state index contributed by atoms with van der Waals surface area (Å²) >= 11 is 0. The number of carbonyl (C=O) groups is 1. The van der Waals surface area contributed by atoms with Crippen LogP contribution in [0.3, 0.4) is 0 Å². The van der Waals surface area contributed by atoms with Gasteiger partial charge in [0.15, 0.2) is 5.70 Å². The van der Waals surface area contributed by atoms with Crippen LogP contribution in [0.1, 0.15) is 11.1 Å². The maximum atomic E-state index is 11.9. The van der Waals surface area contributed by atoms with E-state index in [1.165, 1.54) is 14.2 Å². The molecule has 0 N–H and O–H groups in total. The first-order valence-electron chi connectivity index (χ1n) is 7.15. The van der Waals surface area contributed by atoms with E-state index in [4.69, 9.17) is 0 Å². The molecule has 0 bridgehead atoms. The highest BCUT2D eigenvalue weighted by Crippen LogP contribution is 2.14.